The van der Waals surface area contributed by atoms with E-state index in [2.05, 4.69) is 10.6 Å². The zero-order valence-electron chi connectivity index (χ0n) is 12.0. The van der Waals surface area contributed by atoms with Gasteiger partial charge in [0, 0.05) is 12.0 Å². The molecule has 1 saturated carbocycles. The summed E-state index contributed by atoms with van der Waals surface area (Å²) in [5.41, 5.74) is 0.263. The average molecular weight is 292 g/mol. The van der Waals surface area contributed by atoms with Crippen LogP contribution >= 0.6 is 0 Å². The zero-order valence-corrected chi connectivity index (χ0v) is 12.0. The Balaban J connectivity index is 1.37. The van der Waals surface area contributed by atoms with Gasteiger partial charge in [-0.25, -0.2) is 4.39 Å². The lowest BCUT2D eigenvalue weighted by Crippen LogP contribution is -2.35. The van der Waals surface area contributed by atoms with Crippen LogP contribution in [0, 0.1) is 17.2 Å². The lowest BCUT2D eigenvalue weighted by atomic mass is 9.92. The number of halogens is 1. The molecule has 0 bridgehead atoms. The molecule has 1 spiro atoms. The van der Waals surface area contributed by atoms with Crippen molar-refractivity contribution in [3.05, 3.63) is 30.1 Å². The van der Waals surface area contributed by atoms with Gasteiger partial charge in [0.05, 0.1) is 6.54 Å². The molecule has 4 nitrogen and oxygen atoms in total. The molecule has 1 unspecified atom stereocenters. The highest BCUT2D eigenvalue weighted by Gasteiger charge is 2.57. The quantitative estimate of drug-likeness (QED) is 0.812. The summed E-state index contributed by atoms with van der Waals surface area (Å²) < 4.78 is 18.4. The van der Waals surface area contributed by atoms with Gasteiger partial charge in [0.1, 0.15) is 18.2 Å². The van der Waals surface area contributed by atoms with E-state index in [-0.39, 0.29) is 23.1 Å². The van der Waals surface area contributed by atoms with Crippen molar-refractivity contribution in [2.45, 2.75) is 19.3 Å². The number of nitrogens with one attached hydrogen (secondary N) is 2. The zero-order chi connectivity index (χ0) is 14.7. The maximum absolute atomic E-state index is 13.0. The summed E-state index contributed by atoms with van der Waals surface area (Å²) in [7, 11) is 0. The summed E-state index contributed by atoms with van der Waals surface area (Å²) in [6, 6.07) is 6.02. The van der Waals surface area contributed by atoms with Crippen molar-refractivity contribution < 1.29 is 13.9 Å². The molecule has 1 atom stereocenters. The highest BCUT2D eigenvalue weighted by Crippen LogP contribution is 2.58. The summed E-state index contributed by atoms with van der Waals surface area (Å²) in [6.45, 7) is 2.86. The number of ether oxygens (including phenoxy) is 1. The Labute approximate surface area is 124 Å². The molecule has 21 heavy (non-hydrogen) atoms. The first-order valence-electron chi connectivity index (χ1n) is 7.56. The van der Waals surface area contributed by atoms with Gasteiger partial charge in [-0.3, -0.25) is 4.79 Å². The normalized spacial score (nSPS) is 22.8. The van der Waals surface area contributed by atoms with Gasteiger partial charge in [-0.1, -0.05) is 6.07 Å². The van der Waals surface area contributed by atoms with Gasteiger partial charge in [0.25, 0.3) is 0 Å². The molecule has 0 aromatic heterocycles. The van der Waals surface area contributed by atoms with Gasteiger partial charge in [-0.15, -0.1) is 0 Å². The van der Waals surface area contributed by atoms with E-state index in [1.165, 1.54) is 12.1 Å². The van der Waals surface area contributed by atoms with E-state index in [4.69, 9.17) is 4.74 Å². The van der Waals surface area contributed by atoms with Crippen LogP contribution in [0.25, 0.3) is 0 Å². The van der Waals surface area contributed by atoms with Gasteiger partial charge in [0.15, 0.2) is 0 Å². The number of hydrogen-bond donors (Lipinski definition) is 2. The Morgan fingerprint density at radius 1 is 1.43 bits per heavy atom. The predicted molar refractivity (Wildman–Crippen MR) is 77.5 cm³/mol. The van der Waals surface area contributed by atoms with Crippen LogP contribution in [0.3, 0.4) is 0 Å². The fourth-order valence-corrected chi connectivity index (χ4v) is 3.22. The topological polar surface area (TPSA) is 50.4 Å². The Morgan fingerprint density at radius 3 is 3.00 bits per heavy atom. The van der Waals surface area contributed by atoms with E-state index in [0.717, 1.165) is 32.4 Å². The minimum absolute atomic E-state index is 0.139. The number of benzene rings is 1. The Bertz CT molecular complexity index is 515. The minimum Gasteiger partial charge on any atom is -0.492 e. The van der Waals surface area contributed by atoms with Crippen LogP contribution in [-0.4, -0.2) is 32.1 Å². The lowest BCUT2D eigenvalue weighted by molar-refractivity contribution is -0.123. The number of amides is 1. The SMILES string of the molecule is O=C(NCCOc1cccc(F)c1)C1CC12CCNCC2. The van der Waals surface area contributed by atoms with E-state index in [1.54, 1.807) is 12.1 Å². The largest absolute Gasteiger partial charge is 0.492 e. The maximum Gasteiger partial charge on any atom is 0.223 e. The number of rotatable bonds is 5. The van der Waals surface area contributed by atoms with Crippen molar-refractivity contribution in [3.63, 3.8) is 0 Å². The summed E-state index contributed by atoms with van der Waals surface area (Å²) in [6.07, 6.45) is 3.22. The van der Waals surface area contributed by atoms with Crippen LogP contribution in [0.5, 0.6) is 5.75 Å². The standard InChI is InChI=1S/C16H21FN2O2/c17-12-2-1-3-13(10-12)21-9-8-19-15(20)14-11-16(14)4-6-18-7-5-16/h1-3,10,14,18H,4-9,11H2,(H,19,20). The molecule has 0 radical (unpaired) electrons. The first-order chi connectivity index (χ1) is 10.2. The fraction of sp³-hybridized carbons (Fsp3) is 0.562. The molecule has 3 rings (SSSR count). The van der Waals surface area contributed by atoms with E-state index >= 15 is 0 Å². The maximum atomic E-state index is 13.0. The summed E-state index contributed by atoms with van der Waals surface area (Å²) in [5.74, 6) is 0.487. The van der Waals surface area contributed by atoms with Crippen LogP contribution in [0.2, 0.25) is 0 Å². The molecule has 2 aliphatic rings. The van der Waals surface area contributed by atoms with Gasteiger partial charge in [-0.2, -0.15) is 0 Å². The third kappa shape index (κ3) is 3.35. The lowest BCUT2D eigenvalue weighted by Gasteiger charge is -2.23. The molecule has 5 heteroatoms. The summed E-state index contributed by atoms with van der Waals surface area (Å²) in [4.78, 5) is 12.1. The van der Waals surface area contributed by atoms with Gasteiger partial charge >= 0.3 is 0 Å². The van der Waals surface area contributed by atoms with Gasteiger partial charge in [-0.05, 0) is 49.9 Å². The van der Waals surface area contributed by atoms with Crippen LogP contribution in [0.1, 0.15) is 19.3 Å². The van der Waals surface area contributed by atoms with E-state index in [0.29, 0.717) is 18.9 Å². The second-order valence-corrected chi connectivity index (χ2v) is 5.97. The molecule has 1 heterocycles. The molecule has 1 amide bonds. The molecular formula is C16H21FN2O2. The third-order valence-corrected chi connectivity index (χ3v) is 4.57. The van der Waals surface area contributed by atoms with Gasteiger partial charge < -0.3 is 15.4 Å². The van der Waals surface area contributed by atoms with Crippen LogP contribution in [0.15, 0.2) is 24.3 Å². The first kappa shape index (κ1) is 14.3. The Kier molecular flexibility index (Phi) is 4.10. The fourth-order valence-electron chi connectivity index (χ4n) is 3.22. The summed E-state index contributed by atoms with van der Waals surface area (Å²) >= 11 is 0. The molecule has 2 fully saturated rings. The van der Waals surface area contributed by atoms with E-state index < -0.39 is 0 Å². The first-order valence-corrected chi connectivity index (χ1v) is 7.56. The highest BCUT2D eigenvalue weighted by molar-refractivity contribution is 5.82. The molecule has 2 N–H and O–H groups in total. The molecule has 1 aliphatic carbocycles. The molecule has 1 aliphatic heterocycles. The van der Waals surface area contributed by atoms with E-state index in [1.807, 2.05) is 0 Å². The number of carbonyl (C=O) groups excluding carboxylic acids is 1. The predicted octanol–water partition coefficient (Wildman–Crippen LogP) is 1.71. The molecule has 1 saturated heterocycles. The second kappa shape index (κ2) is 6.02. The number of piperidine rings is 1. The van der Waals surface area contributed by atoms with Crippen molar-refractivity contribution in [3.8, 4) is 5.75 Å². The van der Waals surface area contributed by atoms with Crippen molar-refractivity contribution >= 4 is 5.91 Å². The van der Waals surface area contributed by atoms with Crippen LogP contribution in [0.4, 0.5) is 4.39 Å². The average Bonchev–Trinajstić information content (AvgIpc) is 3.18. The van der Waals surface area contributed by atoms with Crippen LogP contribution < -0.4 is 15.4 Å². The van der Waals surface area contributed by atoms with Gasteiger partial charge in [0.2, 0.25) is 5.91 Å². The molecular weight excluding hydrogens is 271 g/mol. The smallest absolute Gasteiger partial charge is 0.223 e. The Hall–Kier alpha value is -1.62. The van der Waals surface area contributed by atoms with E-state index in [9.17, 15) is 9.18 Å². The molecule has 1 aromatic carbocycles. The monoisotopic (exact) mass is 292 g/mol. The van der Waals surface area contributed by atoms with Crippen molar-refractivity contribution in [2.24, 2.45) is 11.3 Å². The number of carbonyl (C=O) groups is 1. The highest BCUT2D eigenvalue weighted by atomic mass is 19.1. The minimum atomic E-state index is -0.317. The number of hydrogen-bond acceptors (Lipinski definition) is 3. The van der Waals surface area contributed by atoms with Crippen molar-refractivity contribution in [1.82, 2.24) is 10.6 Å². The molecule has 114 valence electrons. The summed E-state index contributed by atoms with van der Waals surface area (Å²) in [5, 5.41) is 6.26. The van der Waals surface area contributed by atoms with Crippen molar-refractivity contribution in [2.75, 3.05) is 26.2 Å². The van der Waals surface area contributed by atoms with Crippen molar-refractivity contribution in [1.29, 1.82) is 0 Å². The van der Waals surface area contributed by atoms with Crippen LogP contribution in [-0.2, 0) is 4.79 Å². The third-order valence-electron chi connectivity index (χ3n) is 4.57. The Morgan fingerprint density at radius 2 is 2.24 bits per heavy atom. The molecule has 1 aromatic rings. The second-order valence-electron chi connectivity index (χ2n) is 5.97.